The molecule has 1 aliphatic rings. The van der Waals surface area contributed by atoms with Crippen LogP contribution in [0.4, 0.5) is 17.1 Å². The maximum atomic E-state index is 15.2. The highest BCUT2D eigenvalue weighted by molar-refractivity contribution is 7.85. The summed E-state index contributed by atoms with van der Waals surface area (Å²) in [5.74, 6) is 0. The quantitative estimate of drug-likeness (QED) is 0.168. The number of hydrogen-bond acceptors (Lipinski definition) is 3. The topological polar surface area (TPSA) is 33.2 Å². The van der Waals surface area contributed by atoms with Gasteiger partial charge in [0.25, 0.3) is 0 Å². The van der Waals surface area contributed by atoms with E-state index in [1.54, 1.807) is 12.4 Å². The van der Waals surface area contributed by atoms with Gasteiger partial charge in [0.05, 0.1) is 11.4 Å². The number of hydrogen-bond donors (Lipinski definition) is 0. The molecule has 49 heavy (non-hydrogen) atoms. The van der Waals surface area contributed by atoms with Crippen molar-refractivity contribution in [1.29, 1.82) is 0 Å². The summed E-state index contributed by atoms with van der Waals surface area (Å²) in [4.78, 5) is 6.76. The van der Waals surface area contributed by atoms with E-state index in [0.717, 1.165) is 38.5 Å². The average Bonchev–Trinajstić information content (AvgIpc) is 3.16. The maximum absolute atomic E-state index is 15.2. The van der Waals surface area contributed by atoms with Gasteiger partial charge in [-0.15, -0.1) is 0 Å². The molecule has 0 amide bonds. The lowest BCUT2D eigenvalue weighted by atomic mass is 9.72. The lowest BCUT2D eigenvalue weighted by molar-refractivity contribution is 0.592. The first-order valence-corrected chi connectivity index (χ1v) is 18.4. The van der Waals surface area contributed by atoms with Crippen LogP contribution >= 0.6 is 7.14 Å². The molecule has 0 radical (unpaired) electrons. The molecular weight excluding hydrogens is 615 g/mol. The van der Waals surface area contributed by atoms with E-state index in [0.29, 0.717) is 0 Å². The number of anilines is 3. The van der Waals surface area contributed by atoms with Crippen LogP contribution in [0.15, 0.2) is 170 Å². The number of aromatic nitrogens is 1. The number of benzene rings is 6. The van der Waals surface area contributed by atoms with E-state index < -0.39 is 7.14 Å². The molecule has 1 aromatic heterocycles. The average molecular weight is 653 g/mol. The fraction of sp³-hybridized carbons (Fsp3) is 0.0889. The van der Waals surface area contributed by atoms with Gasteiger partial charge in [-0.25, -0.2) is 0 Å². The highest BCUT2D eigenvalue weighted by Crippen LogP contribution is 2.54. The fourth-order valence-corrected chi connectivity index (χ4v) is 10.0. The first kappa shape index (κ1) is 30.8. The van der Waals surface area contributed by atoms with Gasteiger partial charge in [-0.1, -0.05) is 117 Å². The Hall–Kier alpha value is -5.50. The van der Waals surface area contributed by atoms with Gasteiger partial charge in [-0.2, -0.15) is 0 Å². The molecule has 1 atom stereocenters. The molecule has 2 heterocycles. The first-order valence-electron chi connectivity index (χ1n) is 16.7. The summed E-state index contributed by atoms with van der Waals surface area (Å²) in [5, 5.41) is 2.32. The minimum absolute atomic E-state index is 0.270. The zero-order valence-corrected chi connectivity index (χ0v) is 28.8. The molecule has 0 N–H and O–H groups in total. The second-order valence-corrected chi connectivity index (χ2v) is 16.1. The van der Waals surface area contributed by atoms with Gasteiger partial charge in [-0.05, 0) is 100 Å². The number of fused-ring (bicyclic) bond motifs is 2. The molecule has 1 aliphatic heterocycles. The normalized spacial score (nSPS) is 14.4. The van der Waals surface area contributed by atoms with Crippen LogP contribution in [0, 0.1) is 6.92 Å². The predicted octanol–water partition coefficient (Wildman–Crippen LogP) is 10.5. The lowest BCUT2D eigenvalue weighted by Crippen LogP contribution is -2.31. The highest BCUT2D eigenvalue weighted by atomic mass is 31.2. The highest BCUT2D eigenvalue weighted by Gasteiger charge is 2.38. The summed E-state index contributed by atoms with van der Waals surface area (Å²) >= 11 is 0. The Bertz CT molecular complexity index is 2200. The molecule has 1 unspecified atom stereocenters. The van der Waals surface area contributed by atoms with Crippen LogP contribution in [0.3, 0.4) is 0 Å². The minimum atomic E-state index is -3.18. The van der Waals surface area contributed by atoms with Gasteiger partial charge in [0.15, 0.2) is 7.14 Å². The largest absolute Gasteiger partial charge is 0.310 e. The molecule has 0 aliphatic carbocycles. The van der Waals surface area contributed by atoms with E-state index in [-0.39, 0.29) is 5.41 Å². The Morgan fingerprint density at radius 2 is 1.02 bits per heavy atom. The second-order valence-electron chi connectivity index (χ2n) is 13.3. The number of aryl methyl sites for hydroxylation is 1. The summed E-state index contributed by atoms with van der Waals surface area (Å²) in [5.41, 5.74) is 11.5. The smallest absolute Gasteiger partial charge is 0.172 e. The van der Waals surface area contributed by atoms with Crippen LogP contribution in [0.1, 0.15) is 30.5 Å². The van der Waals surface area contributed by atoms with Crippen molar-refractivity contribution < 1.29 is 4.57 Å². The van der Waals surface area contributed by atoms with E-state index in [1.807, 2.05) is 42.5 Å². The number of rotatable bonds is 6. The molecule has 8 rings (SSSR count). The maximum Gasteiger partial charge on any atom is 0.172 e. The van der Waals surface area contributed by atoms with Crippen molar-refractivity contribution in [3.63, 3.8) is 0 Å². The van der Waals surface area contributed by atoms with Gasteiger partial charge in [0.1, 0.15) is 0 Å². The van der Waals surface area contributed by atoms with Gasteiger partial charge in [0.2, 0.25) is 0 Å². The molecular formula is C45H37N2OP. The van der Waals surface area contributed by atoms with Crippen molar-refractivity contribution in [2.75, 3.05) is 4.90 Å². The third-order valence-corrected chi connectivity index (χ3v) is 13.0. The van der Waals surface area contributed by atoms with Crippen LogP contribution in [0.5, 0.6) is 0 Å². The molecule has 3 nitrogen and oxygen atoms in total. The zero-order chi connectivity index (χ0) is 33.6. The number of pyridine rings is 1. The lowest BCUT2D eigenvalue weighted by Gasteiger charge is -2.43. The van der Waals surface area contributed by atoms with E-state index >= 15 is 4.57 Å². The molecule has 238 valence electrons. The van der Waals surface area contributed by atoms with Gasteiger partial charge < -0.3 is 9.46 Å². The van der Waals surface area contributed by atoms with Crippen LogP contribution in [0.25, 0.3) is 22.3 Å². The van der Waals surface area contributed by atoms with E-state index in [4.69, 9.17) is 0 Å². The zero-order valence-electron chi connectivity index (χ0n) is 27.9. The van der Waals surface area contributed by atoms with Crippen molar-refractivity contribution in [2.24, 2.45) is 0 Å². The Balaban J connectivity index is 1.33. The molecule has 0 fully saturated rings. The standard InChI is InChI=1S/C45H37N2OP/c1-32-28-38(49(48,37-18-11-6-12-19-37)39-20-13-27-46-31-39)23-26-42(32)47-43-24-21-35(33-14-7-4-8-15-33)29-40(43)45(2,3)41-30-36(22-25-44(41)47)34-16-9-5-10-17-34/h4-31H,1-3H3. The third-order valence-electron chi connectivity index (χ3n) is 9.95. The number of nitrogens with zero attached hydrogens (tertiary/aromatic N) is 2. The third kappa shape index (κ3) is 5.23. The molecule has 7 aromatic rings. The Morgan fingerprint density at radius 3 is 1.53 bits per heavy atom. The molecule has 0 bridgehead atoms. The Kier molecular flexibility index (Phi) is 7.66. The van der Waals surface area contributed by atoms with Crippen LogP contribution < -0.4 is 20.8 Å². The fourth-order valence-electron chi connectivity index (χ4n) is 7.33. The van der Waals surface area contributed by atoms with Crippen molar-refractivity contribution in [3.8, 4) is 22.3 Å². The molecule has 4 heteroatoms. The van der Waals surface area contributed by atoms with Crippen molar-refractivity contribution in [3.05, 3.63) is 187 Å². The van der Waals surface area contributed by atoms with Crippen LogP contribution in [0.2, 0.25) is 0 Å². The van der Waals surface area contributed by atoms with Crippen LogP contribution in [-0.2, 0) is 9.98 Å². The SMILES string of the molecule is Cc1cc(P(=O)(c2ccccc2)c2cccnc2)ccc1N1c2ccc(-c3ccccc3)cc2C(C)(C)c2cc(-c3ccccc3)ccc21. The first-order chi connectivity index (χ1) is 23.9. The molecule has 0 spiro atoms. The van der Waals surface area contributed by atoms with Gasteiger partial charge in [0, 0.05) is 39.4 Å². The Labute approximate surface area is 288 Å². The van der Waals surface area contributed by atoms with Gasteiger partial charge in [-0.3, -0.25) is 4.98 Å². The van der Waals surface area contributed by atoms with E-state index in [9.17, 15) is 0 Å². The van der Waals surface area contributed by atoms with Crippen molar-refractivity contribution in [1.82, 2.24) is 4.98 Å². The summed E-state index contributed by atoms with van der Waals surface area (Å²) < 4.78 is 15.2. The summed E-state index contributed by atoms with van der Waals surface area (Å²) in [7, 11) is -3.18. The van der Waals surface area contributed by atoms with E-state index in [2.05, 4.69) is 146 Å². The Morgan fingerprint density at radius 1 is 0.510 bits per heavy atom. The molecule has 0 saturated carbocycles. The molecule has 6 aromatic carbocycles. The second kappa shape index (κ2) is 12.2. The van der Waals surface area contributed by atoms with E-state index in [1.165, 1.54) is 33.4 Å². The van der Waals surface area contributed by atoms with Gasteiger partial charge >= 0.3 is 0 Å². The minimum Gasteiger partial charge on any atom is -0.310 e. The summed E-state index contributed by atoms with van der Waals surface area (Å²) in [6.45, 7) is 6.81. The monoisotopic (exact) mass is 652 g/mol. The molecule has 0 saturated heterocycles. The summed E-state index contributed by atoms with van der Waals surface area (Å²) in [6.07, 6.45) is 3.47. The van der Waals surface area contributed by atoms with Crippen molar-refractivity contribution in [2.45, 2.75) is 26.2 Å². The van der Waals surface area contributed by atoms with Crippen LogP contribution in [-0.4, -0.2) is 4.98 Å². The predicted molar refractivity (Wildman–Crippen MR) is 206 cm³/mol. The summed E-state index contributed by atoms with van der Waals surface area (Å²) in [6, 6.07) is 54.9. The van der Waals surface area contributed by atoms with Crippen molar-refractivity contribution >= 4 is 40.1 Å².